The van der Waals surface area contributed by atoms with Gasteiger partial charge >= 0.3 is 0 Å². The minimum atomic E-state index is -0.0982. The van der Waals surface area contributed by atoms with Crippen LogP contribution in [0.2, 0.25) is 5.02 Å². The van der Waals surface area contributed by atoms with E-state index in [1.807, 2.05) is 59.5 Å². The van der Waals surface area contributed by atoms with Crippen molar-refractivity contribution in [3.63, 3.8) is 0 Å². The van der Waals surface area contributed by atoms with Crippen LogP contribution in [0.3, 0.4) is 0 Å². The Bertz CT molecular complexity index is 1270. The first kappa shape index (κ1) is 20.9. The van der Waals surface area contributed by atoms with Crippen molar-refractivity contribution in [1.29, 1.82) is 0 Å². The molecule has 2 heterocycles. The van der Waals surface area contributed by atoms with Crippen molar-refractivity contribution in [2.75, 3.05) is 18.5 Å². The molecule has 0 bridgehead atoms. The Morgan fingerprint density at radius 1 is 1.03 bits per heavy atom. The quantitative estimate of drug-likeness (QED) is 0.464. The van der Waals surface area contributed by atoms with Gasteiger partial charge in [0.25, 0.3) is 11.8 Å². The molecule has 2 amide bonds. The van der Waals surface area contributed by atoms with Crippen LogP contribution in [0.1, 0.15) is 27.0 Å². The van der Waals surface area contributed by atoms with Gasteiger partial charge in [-0.3, -0.25) is 9.59 Å². The summed E-state index contributed by atoms with van der Waals surface area (Å²) in [7, 11) is 1.75. The van der Waals surface area contributed by atoms with E-state index in [0.29, 0.717) is 28.6 Å². The number of carbonyl (C=O) groups is 2. The van der Waals surface area contributed by atoms with Crippen molar-refractivity contribution in [3.8, 4) is 0 Å². The van der Waals surface area contributed by atoms with Crippen LogP contribution in [-0.2, 0) is 17.8 Å². The highest BCUT2D eigenvalue weighted by Gasteiger charge is 2.29. The summed E-state index contributed by atoms with van der Waals surface area (Å²) < 4.78 is 0. The van der Waals surface area contributed by atoms with E-state index in [4.69, 9.17) is 11.6 Å². The molecule has 6 heteroatoms. The molecular weight excluding hydrogens is 440 g/mol. The summed E-state index contributed by atoms with van der Waals surface area (Å²) in [6.45, 7) is 1.31. The first-order valence-corrected chi connectivity index (χ1v) is 11.6. The number of hydrogen-bond acceptors (Lipinski definition) is 3. The average molecular weight is 461 g/mol. The Balaban J connectivity index is 1.41. The van der Waals surface area contributed by atoms with Crippen LogP contribution in [0.25, 0.3) is 6.08 Å². The predicted molar refractivity (Wildman–Crippen MR) is 130 cm³/mol. The Hall–Kier alpha value is -3.02. The van der Waals surface area contributed by atoms with Gasteiger partial charge in [-0.2, -0.15) is 0 Å². The summed E-state index contributed by atoms with van der Waals surface area (Å²) in [5.41, 5.74) is 4.74. The topological polar surface area (TPSA) is 40.6 Å². The number of thioether (sulfide) groups is 1. The summed E-state index contributed by atoms with van der Waals surface area (Å²) in [5, 5.41) is 0.629. The molecule has 0 spiro atoms. The molecule has 4 nitrogen and oxygen atoms in total. The lowest BCUT2D eigenvalue weighted by atomic mass is 9.99. The molecule has 0 aliphatic carbocycles. The number of nitrogens with zero attached hydrogens (tertiary/aromatic N) is 2. The number of carbonyl (C=O) groups excluding carboxylic acids is 2. The molecule has 0 fully saturated rings. The van der Waals surface area contributed by atoms with Crippen molar-refractivity contribution in [2.24, 2.45) is 0 Å². The lowest BCUT2D eigenvalue weighted by Gasteiger charge is -2.30. The standard InChI is InChI=1S/C26H21ClN2O2S/c1-28-22-15-19(25(30)29-12-11-18-6-2-3-7-20(18)16-29)9-10-23(22)32-24(26(28)31)14-17-5-4-8-21(27)13-17/h2-10,13-15H,11-12,16H2,1H3. The normalized spacial score (nSPS) is 16.7. The lowest BCUT2D eigenvalue weighted by Crippen LogP contribution is -2.36. The van der Waals surface area contributed by atoms with Gasteiger partial charge < -0.3 is 9.80 Å². The van der Waals surface area contributed by atoms with E-state index in [9.17, 15) is 9.59 Å². The Labute approximate surface area is 196 Å². The van der Waals surface area contributed by atoms with Crippen molar-refractivity contribution in [2.45, 2.75) is 17.9 Å². The summed E-state index contributed by atoms with van der Waals surface area (Å²) in [6, 6.07) is 21.3. The van der Waals surface area contributed by atoms with Gasteiger partial charge in [0.2, 0.25) is 0 Å². The van der Waals surface area contributed by atoms with Gasteiger partial charge in [-0.25, -0.2) is 0 Å². The number of rotatable bonds is 2. The SMILES string of the molecule is CN1C(=O)C(=Cc2cccc(Cl)c2)Sc2ccc(C(=O)N3CCc4ccccc4C3)cc21. The second kappa shape index (κ2) is 8.49. The monoisotopic (exact) mass is 460 g/mol. The van der Waals surface area contributed by atoms with E-state index in [1.165, 1.54) is 22.9 Å². The fraction of sp³-hybridized carbons (Fsp3) is 0.154. The zero-order chi connectivity index (χ0) is 22.2. The number of amides is 2. The van der Waals surface area contributed by atoms with E-state index in [0.717, 1.165) is 22.6 Å². The van der Waals surface area contributed by atoms with Crippen LogP contribution in [0, 0.1) is 0 Å². The fourth-order valence-electron chi connectivity index (χ4n) is 4.13. The minimum absolute atomic E-state index is 0.00609. The molecule has 0 N–H and O–H groups in total. The zero-order valence-corrected chi connectivity index (χ0v) is 19.1. The van der Waals surface area contributed by atoms with Gasteiger partial charge in [0.15, 0.2) is 0 Å². The molecule has 0 saturated heterocycles. The number of anilines is 1. The van der Waals surface area contributed by atoms with Gasteiger partial charge in [0.05, 0.1) is 10.6 Å². The first-order chi connectivity index (χ1) is 15.5. The van der Waals surface area contributed by atoms with E-state index in [-0.39, 0.29) is 11.8 Å². The Morgan fingerprint density at radius 2 is 1.84 bits per heavy atom. The average Bonchev–Trinajstić information content (AvgIpc) is 2.81. The second-order valence-electron chi connectivity index (χ2n) is 7.96. The van der Waals surface area contributed by atoms with Gasteiger partial charge in [-0.15, -0.1) is 0 Å². The number of hydrogen-bond donors (Lipinski definition) is 0. The highest BCUT2D eigenvalue weighted by atomic mass is 35.5. The third-order valence-electron chi connectivity index (χ3n) is 5.87. The summed E-state index contributed by atoms with van der Waals surface area (Å²) >= 11 is 7.50. The molecule has 0 atom stereocenters. The number of halogens is 1. The molecule has 3 aromatic carbocycles. The van der Waals surface area contributed by atoms with Gasteiger partial charge in [0.1, 0.15) is 0 Å². The minimum Gasteiger partial charge on any atom is -0.334 e. The zero-order valence-electron chi connectivity index (χ0n) is 17.5. The third-order valence-corrected chi connectivity index (χ3v) is 7.18. The molecule has 0 radical (unpaired) electrons. The molecule has 32 heavy (non-hydrogen) atoms. The van der Waals surface area contributed by atoms with E-state index in [1.54, 1.807) is 18.0 Å². The maximum atomic E-state index is 13.2. The van der Waals surface area contributed by atoms with Crippen LogP contribution in [0.4, 0.5) is 5.69 Å². The Kier molecular flexibility index (Phi) is 5.53. The van der Waals surface area contributed by atoms with E-state index < -0.39 is 0 Å². The van der Waals surface area contributed by atoms with Crippen LogP contribution in [-0.4, -0.2) is 30.3 Å². The van der Waals surface area contributed by atoms with Gasteiger partial charge in [-0.1, -0.05) is 59.8 Å². The van der Waals surface area contributed by atoms with Crippen molar-refractivity contribution < 1.29 is 9.59 Å². The first-order valence-electron chi connectivity index (χ1n) is 10.4. The van der Waals surface area contributed by atoms with E-state index >= 15 is 0 Å². The molecule has 0 saturated carbocycles. The molecule has 5 rings (SSSR count). The molecular formula is C26H21ClN2O2S. The molecule has 2 aliphatic heterocycles. The van der Waals surface area contributed by atoms with Gasteiger partial charge in [0, 0.05) is 35.6 Å². The third kappa shape index (κ3) is 3.94. The summed E-state index contributed by atoms with van der Waals surface area (Å²) in [4.78, 5) is 31.3. The molecule has 3 aromatic rings. The van der Waals surface area contributed by atoms with Gasteiger partial charge in [-0.05, 0) is 59.5 Å². The number of likely N-dealkylation sites (N-methyl/N-ethyl adjacent to an activating group) is 1. The molecule has 160 valence electrons. The Morgan fingerprint density at radius 3 is 2.66 bits per heavy atom. The number of fused-ring (bicyclic) bond motifs is 2. The molecule has 0 aromatic heterocycles. The lowest BCUT2D eigenvalue weighted by molar-refractivity contribution is -0.114. The fourth-order valence-corrected chi connectivity index (χ4v) is 5.42. The van der Waals surface area contributed by atoms with Crippen LogP contribution in [0.5, 0.6) is 0 Å². The van der Waals surface area contributed by atoms with Crippen molar-refractivity contribution in [3.05, 3.63) is 98.9 Å². The maximum Gasteiger partial charge on any atom is 0.264 e. The smallest absolute Gasteiger partial charge is 0.264 e. The van der Waals surface area contributed by atoms with Crippen LogP contribution >= 0.6 is 23.4 Å². The molecule has 2 aliphatic rings. The summed E-state index contributed by atoms with van der Waals surface area (Å²) in [6.07, 6.45) is 2.71. The van der Waals surface area contributed by atoms with Crippen LogP contribution < -0.4 is 4.90 Å². The highest BCUT2D eigenvalue weighted by Crippen LogP contribution is 2.42. The predicted octanol–water partition coefficient (Wildman–Crippen LogP) is 5.65. The molecule has 0 unspecified atom stereocenters. The number of benzene rings is 3. The van der Waals surface area contributed by atoms with Crippen molar-refractivity contribution in [1.82, 2.24) is 4.90 Å². The van der Waals surface area contributed by atoms with Crippen LogP contribution in [0.15, 0.2) is 76.5 Å². The second-order valence-corrected chi connectivity index (χ2v) is 9.48. The largest absolute Gasteiger partial charge is 0.334 e. The van der Waals surface area contributed by atoms with Crippen molar-refractivity contribution >= 4 is 46.9 Å². The van der Waals surface area contributed by atoms with E-state index in [2.05, 4.69) is 12.1 Å². The highest BCUT2D eigenvalue weighted by molar-refractivity contribution is 8.04. The summed E-state index contributed by atoms with van der Waals surface area (Å²) in [5.74, 6) is -0.104. The maximum absolute atomic E-state index is 13.2.